The highest BCUT2D eigenvalue weighted by molar-refractivity contribution is 7.17. The molecule has 2 aromatic heterocycles. The van der Waals surface area contributed by atoms with Crippen LogP contribution in [0.2, 0.25) is 0 Å². The summed E-state index contributed by atoms with van der Waals surface area (Å²) in [6.07, 6.45) is 1.46. The van der Waals surface area contributed by atoms with Gasteiger partial charge in [0.25, 0.3) is 11.8 Å². The van der Waals surface area contributed by atoms with Crippen LogP contribution in [0.25, 0.3) is 10.4 Å². The quantitative estimate of drug-likeness (QED) is 0.288. The number of hydrogen-bond acceptors (Lipinski definition) is 6. The van der Waals surface area contributed by atoms with E-state index in [9.17, 15) is 14.0 Å². The number of nitrogens with one attached hydrogen (secondary N) is 1. The molecule has 4 aromatic rings. The van der Waals surface area contributed by atoms with E-state index in [0.29, 0.717) is 42.3 Å². The Bertz CT molecular complexity index is 1650. The van der Waals surface area contributed by atoms with E-state index in [1.807, 2.05) is 42.5 Å². The van der Waals surface area contributed by atoms with Gasteiger partial charge in [0.1, 0.15) is 17.3 Å². The highest BCUT2D eigenvalue weighted by Gasteiger charge is 2.30. The van der Waals surface area contributed by atoms with Crippen LogP contribution in [-0.4, -0.2) is 48.6 Å². The molecular formula is C33H33FN4O3S. The summed E-state index contributed by atoms with van der Waals surface area (Å²) in [6.45, 7) is 8.54. The van der Waals surface area contributed by atoms with Gasteiger partial charge in [0, 0.05) is 36.7 Å². The van der Waals surface area contributed by atoms with E-state index < -0.39 is 5.82 Å². The minimum Gasteiger partial charge on any atom is -0.374 e. The number of aryl methyl sites for hydroxylation is 1. The first kappa shape index (κ1) is 28.1. The number of anilines is 3. The van der Waals surface area contributed by atoms with Crippen molar-refractivity contribution in [1.82, 2.24) is 4.98 Å². The summed E-state index contributed by atoms with van der Waals surface area (Å²) >= 11 is 1.36. The molecule has 0 bridgehead atoms. The van der Waals surface area contributed by atoms with E-state index in [1.165, 1.54) is 17.4 Å². The molecule has 1 saturated heterocycles. The maximum absolute atomic E-state index is 14.4. The topological polar surface area (TPSA) is 74.8 Å². The van der Waals surface area contributed by atoms with Gasteiger partial charge in [-0.25, -0.2) is 9.37 Å². The molecule has 4 heterocycles. The van der Waals surface area contributed by atoms with Crippen LogP contribution in [0.15, 0.2) is 66.7 Å². The number of hydrogen-bond donors (Lipinski definition) is 1. The van der Waals surface area contributed by atoms with Crippen molar-refractivity contribution in [3.63, 3.8) is 0 Å². The maximum atomic E-state index is 14.4. The van der Waals surface area contributed by atoms with Crippen LogP contribution in [0.4, 0.5) is 21.6 Å². The Morgan fingerprint density at radius 3 is 2.69 bits per heavy atom. The molecule has 2 aliphatic rings. The lowest BCUT2D eigenvalue weighted by Gasteiger charge is -2.30. The first-order valence-corrected chi connectivity index (χ1v) is 15.0. The van der Waals surface area contributed by atoms with Crippen LogP contribution >= 0.6 is 11.3 Å². The van der Waals surface area contributed by atoms with Gasteiger partial charge in [-0.1, -0.05) is 36.4 Å². The number of rotatable bonds is 4. The van der Waals surface area contributed by atoms with Gasteiger partial charge in [0.2, 0.25) is 0 Å². The number of ether oxygens (including phenoxy) is 1. The van der Waals surface area contributed by atoms with Crippen LogP contribution in [0.5, 0.6) is 0 Å². The second-order valence-electron chi connectivity index (χ2n) is 11.3. The molecule has 9 heteroatoms. The summed E-state index contributed by atoms with van der Waals surface area (Å²) in [5, 5.41) is 2.75. The van der Waals surface area contributed by atoms with Crippen molar-refractivity contribution in [2.24, 2.45) is 0 Å². The van der Waals surface area contributed by atoms with Gasteiger partial charge in [0.05, 0.1) is 21.9 Å². The van der Waals surface area contributed by atoms with Crippen LogP contribution in [0, 0.1) is 12.7 Å². The molecule has 0 saturated carbocycles. The molecule has 7 nitrogen and oxygen atoms in total. The molecule has 2 aliphatic heterocycles. The summed E-state index contributed by atoms with van der Waals surface area (Å²) < 4.78 is 20.4. The zero-order chi connectivity index (χ0) is 29.4. The number of para-hydroxylation sites is 2. The second kappa shape index (κ2) is 11.3. The maximum Gasteiger partial charge on any atom is 0.276 e. The van der Waals surface area contributed by atoms with Crippen molar-refractivity contribution in [2.75, 3.05) is 41.4 Å². The summed E-state index contributed by atoms with van der Waals surface area (Å²) in [7, 11) is 0. The smallest absolute Gasteiger partial charge is 0.276 e. The Morgan fingerprint density at radius 1 is 1.05 bits per heavy atom. The summed E-state index contributed by atoms with van der Waals surface area (Å²) in [6, 6.07) is 19.9. The molecule has 0 aliphatic carbocycles. The Balaban J connectivity index is 1.28. The third-order valence-electron chi connectivity index (χ3n) is 7.70. The number of amides is 2. The molecule has 6 rings (SSSR count). The average Bonchev–Trinajstić information content (AvgIpc) is 3.23. The van der Waals surface area contributed by atoms with E-state index in [4.69, 9.17) is 9.72 Å². The van der Waals surface area contributed by atoms with Crippen LogP contribution in [0.1, 0.15) is 51.6 Å². The monoisotopic (exact) mass is 584 g/mol. The Labute approximate surface area is 249 Å². The highest BCUT2D eigenvalue weighted by Crippen LogP contribution is 2.42. The molecular weight excluding hydrogens is 551 g/mol. The molecule has 2 aromatic carbocycles. The summed E-state index contributed by atoms with van der Waals surface area (Å²) in [5.74, 6) is -0.221. The third-order valence-corrected chi connectivity index (χ3v) is 8.91. The van der Waals surface area contributed by atoms with Gasteiger partial charge in [-0.15, -0.1) is 11.3 Å². The van der Waals surface area contributed by atoms with Crippen molar-refractivity contribution in [1.29, 1.82) is 0 Å². The third kappa shape index (κ3) is 5.54. The van der Waals surface area contributed by atoms with Gasteiger partial charge < -0.3 is 19.9 Å². The predicted molar refractivity (Wildman–Crippen MR) is 165 cm³/mol. The molecule has 1 fully saturated rings. The van der Waals surface area contributed by atoms with Crippen molar-refractivity contribution in [3.8, 4) is 10.4 Å². The fraction of sp³-hybridized carbons (Fsp3) is 0.303. The first-order chi connectivity index (χ1) is 20.2. The minimum atomic E-state index is -0.466. The number of fused-ring (bicyclic) bond motifs is 3. The second-order valence-corrected chi connectivity index (χ2v) is 12.4. The number of carbonyl (C=O) groups excluding carboxylic acids is 2. The molecule has 216 valence electrons. The molecule has 0 atom stereocenters. The molecule has 0 unspecified atom stereocenters. The largest absolute Gasteiger partial charge is 0.374 e. The van der Waals surface area contributed by atoms with E-state index in [1.54, 1.807) is 30.0 Å². The van der Waals surface area contributed by atoms with Crippen LogP contribution in [-0.2, 0) is 11.2 Å². The van der Waals surface area contributed by atoms with E-state index >= 15 is 0 Å². The normalized spacial score (nSPS) is 16.2. The molecule has 0 spiro atoms. The number of aromatic nitrogens is 1. The number of thiophene rings is 1. The SMILES string of the molecule is Cc1cccc(F)c1NC(=O)c1cc2c(s1)-c1ccccc1N(C(=O)c1cccc(N3CCCOC(C)(C)C3)n1)CC2. The van der Waals surface area contributed by atoms with Gasteiger partial charge in [0.15, 0.2) is 0 Å². The van der Waals surface area contributed by atoms with E-state index in [2.05, 4.69) is 24.1 Å². The fourth-order valence-electron chi connectivity index (χ4n) is 5.62. The zero-order valence-electron chi connectivity index (χ0n) is 23.9. The number of halogens is 1. The van der Waals surface area contributed by atoms with Gasteiger partial charge >= 0.3 is 0 Å². The lowest BCUT2D eigenvalue weighted by atomic mass is 10.1. The average molecular weight is 585 g/mol. The zero-order valence-corrected chi connectivity index (χ0v) is 24.8. The van der Waals surface area contributed by atoms with Crippen molar-refractivity contribution >= 4 is 40.3 Å². The Morgan fingerprint density at radius 2 is 1.86 bits per heavy atom. The van der Waals surface area contributed by atoms with Crippen molar-refractivity contribution in [2.45, 2.75) is 39.2 Å². The number of benzene rings is 2. The van der Waals surface area contributed by atoms with E-state index in [0.717, 1.165) is 40.5 Å². The standard InChI is InChI=1S/C33H33FN4O3S/c1-21-9-6-11-24(34)29(21)36-31(39)27-19-22-15-17-38(26-13-5-4-10-23(26)30(22)42-27)32(40)25-12-7-14-28(35-25)37-16-8-18-41-33(2,3)20-37/h4-7,9-14,19H,8,15-18,20H2,1-3H3,(H,36,39). The van der Waals surface area contributed by atoms with Crippen molar-refractivity contribution < 1.29 is 18.7 Å². The minimum absolute atomic E-state index is 0.169. The Kier molecular flexibility index (Phi) is 7.55. The fourth-order valence-corrected chi connectivity index (χ4v) is 6.76. The Hall–Kier alpha value is -4.08. The van der Waals surface area contributed by atoms with Crippen LogP contribution in [0.3, 0.4) is 0 Å². The first-order valence-electron chi connectivity index (χ1n) is 14.2. The molecule has 0 radical (unpaired) electrons. The number of pyridine rings is 1. The highest BCUT2D eigenvalue weighted by atomic mass is 32.1. The lowest BCUT2D eigenvalue weighted by Crippen LogP contribution is -2.39. The van der Waals surface area contributed by atoms with Gasteiger partial charge in [-0.05, 0) is 75.1 Å². The summed E-state index contributed by atoms with van der Waals surface area (Å²) in [5.41, 5.74) is 3.57. The number of nitrogens with zero attached hydrogens (tertiary/aromatic N) is 3. The molecule has 2 amide bonds. The van der Waals surface area contributed by atoms with E-state index in [-0.39, 0.29) is 23.1 Å². The predicted octanol–water partition coefficient (Wildman–Crippen LogP) is 6.72. The summed E-state index contributed by atoms with van der Waals surface area (Å²) in [4.78, 5) is 37.4. The van der Waals surface area contributed by atoms with Crippen LogP contribution < -0.4 is 15.1 Å². The lowest BCUT2D eigenvalue weighted by molar-refractivity contribution is -0.00149. The van der Waals surface area contributed by atoms with Gasteiger partial charge in [-0.3, -0.25) is 9.59 Å². The molecule has 42 heavy (non-hydrogen) atoms. The molecule has 1 N–H and O–H groups in total. The van der Waals surface area contributed by atoms with Gasteiger partial charge in [-0.2, -0.15) is 0 Å². The number of carbonyl (C=O) groups is 2. The van der Waals surface area contributed by atoms with Crippen molar-refractivity contribution in [3.05, 3.63) is 94.2 Å².